The molecule has 0 aliphatic carbocycles. The summed E-state index contributed by atoms with van der Waals surface area (Å²) in [7, 11) is -3.48. The Labute approximate surface area is 135 Å². The lowest BCUT2D eigenvalue weighted by atomic mass is 9.99. The van der Waals surface area contributed by atoms with Crippen LogP contribution in [-0.2, 0) is 9.84 Å². The Morgan fingerprint density at radius 3 is 2.78 bits per heavy atom. The number of halogens is 1. The molecule has 0 saturated carbocycles. The van der Waals surface area contributed by atoms with Crippen LogP contribution in [0.25, 0.3) is 0 Å². The van der Waals surface area contributed by atoms with Crippen molar-refractivity contribution < 1.29 is 17.6 Å². The van der Waals surface area contributed by atoms with E-state index in [0.29, 0.717) is 6.04 Å². The monoisotopic (exact) mass is 340 g/mol. The van der Waals surface area contributed by atoms with E-state index in [-0.39, 0.29) is 16.5 Å². The van der Waals surface area contributed by atoms with Gasteiger partial charge in [0.1, 0.15) is 5.82 Å². The van der Waals surface area contributed by atoms with E-state index < -0.39 is 21.6 Å². The number of nitrogens with zero attached hydrogens (tertiary/aromatic N) is 1. The Balaban J connectivity index is 1.78. The molecule has 0 bridgehead atoms. The van der Waals surface area contributed by atoms with Gasteiger partial charge in [-0.2, -0.15) is 0 Å². The third kappa shape index (κ3) is 3.40. The van der Waals surface area contributed by atoms with Crippen molar-refractivity contribution in [2.75, 3.05) is 19.3 Å². The van der Waals surface area contributed by atoms with Gasteiger partial charge in [0, 0.05) is 24.9 Å². The Morgan fingerprint density at radius 1 is 1.26 bits per heavy atom. The predicted octanol–water partition coefficient (Wildman–Crippen LogP) is 1.59. The molecule has 1 N–H and O–H groups in total. The van der Waals surface area contributed by atoms with E-state index in [0.717, 1.165) is 50.7 Å². The van der Waals surface area contributed by atoms with Crippen LogP contribution < -0.4 is 5.32 Å². The first-order valence-electron chi connectivity index (χ1n) is 7.91. The van der Waals surface area contributed by atoms with Gasteiger partial charge < -0.3 is 5.32 Å². The molecule has 2 unspecified atom stereocenters. The number of hydrogen-bond acceptors (Lipinski definition) is 4. The molecule has 2 fully saturated rings. The van der Waals surface area contributed by atoms with Crippen LogP contribution in [0.4, 0.5) is 4.39 Å². The number of fused-ring (bicyclic) bond motifs is 1. The zero-order chi connectivity index (χ0) is 16.6. The van der Waals surface area contributed by atoms with Gasteiger partial charge in [0.2, 0.25) is 0 Å². The smallest absolute Gasteiger partial charge is 0.254 e. The normalized spacial score (nSPS) is 25.1. The first kappa shape index (κ1) is 16.4. The van der Waals surface area contributed by atoms with Gasteiger partial charge in [0.25, 0.3) is 5.91 Å². The van der Waals surface area contributed by atoms with E-state index in [2.05, 4.69) is 10.2 Å². The van der Waals surface area contributed by atoms with Crippen LogP contribution in [0.15, 0.2) is 23.1 Å². The van der Waals surface area contributed by atoms with Crippen molar-refractivity contribution in [3.05, 3.63) is 29.6 Å². The molecule has 2 saturated heterocycles. The van der Waals surface area contributed by atoms with Crippen LogP contribution in [0, 0.1) is 5.82 Å². The SMILES string of the molecule is CS(=O)(=O)c1ccc(F)c(C(=O)NC2CCN3CCCCC23)c1. The van der Waals surface area contributed by atoms with Gasteiger partial charge in [-0.15, -0.1) is 0 Å². The van der Waals surface area contributed by atoms with Gasteiger partial charge in [0.15, 0.2) is 9.84 Å². The summed E-state index contributed by atoms with van der Waals surface area (Å²) in [6.07, 6.45) is 5.26. The Morgan fingerprint density at radius 2 is 2.04 bits per heavy atom. The maximum absolute atomic E-state index is 13.9. The molecular formula is C16H21FN2O3S. The molecule has 5 nitrogen and oxygen atoms in total. The van der Waals surface area contributed by atoms with Gasteiger partial charge in [-0.25, -0.2) is 12.8 Å². The van der Waals surface area contributed by atoms with Gasteiger partial charge >= 0.3 is 0 Å². The third-order valence-corrected chi connectivity index (χ3v) is 5.89. The van der Waals surface area contributed by atoms with Crippen molar-refractivity contribution in [1.82, 2.24) is 10.2 Å². The molecule has 126 valence electrons. The van der Waals surface area contributed by atoms with Gasteiger partial charge in [-0.1, -0.05) is 6.42 Å². The lowest BCUT2D eigenvalue weighted by molar-refractivity contribution is 0.0911. The highest BCUT2D eigenvalue weighted by Crippen LogP contribution is 2.27. The van der Waals surface area contributed by atoms with Crippen molar-refractivity contribution in [3.8, 4) is 0 Å². The second-order valence-electron chi connectivity index (χ2n) is 6.38. The highest BCUT2D eigenvalue weighted by Gasteiger charge is 2.36. The van der Waals surface area contributed by atoms with E-state index in [1.807, 2.05) is 0 Å². The number of amides is 1. The van der Waals surface area contributed by atoms with Crippen LogP contribution in [0.3, 0.4) is 0 Å². The molecule has 0 aromatic heterocycles. The van der Waals surface area contributed by atoms with Crippen LogP contribution >= 0.6 is 0 Å². The quantitative estimate of drug-likeness (QED) is 0.849. The topological polar surface area (TPSA) is 66.5 Å². The summed E-state index contributed by atoms with van der Waals surface area (Å²) in [6, 6.07) is 3.65. The van der Waals surface area contributed by atoms with Crippen LogP contribution in [0.2, 0.25) is 0 Å². The number of piperidine rings is 1. The average molecular weight is 340 g/mol. The maximum atomic E-state index is 13.9. The van der Waals surface area contributed by atoms with E-state index in [4.69, 9.17) is 0 Å². The Kier molecular flexibility index (Phi) is 4.42. The van der Waals surface area contributed by atoms with Crippen LogP contribution in [-0.4, -0.2) is 50.7 Å². The van der Waals surface area contributed by atoms with Crippen molar-refractivity contribution in [2.24, 2.45) is 0 Å². The van der Waals surface area contributed by atoms with Crippen molar-refractivity contribution in [3.63, 3.8) is 0 Å². The molecule has 2 atom stereocenters. The van der Waals surface area contributed by atoms with Crippen molar-refractivity contribution in [1.29, 1.82) is 0 Å². The van der Waals surface area contributed by atoms with Gasteiger partial charge in [-0.3, -0.25) is 9.69 Å². The predicted molar refractivity (Wildman–Crippen MR) is 84.6 cm³/mol. The number of carbonyl (C=O) groups excluding carboxylic acids is 1. The van der Waals surface area contributed by atoms with E-state index in [1.54, 1.807) is 0 Å². The lowest BCUT2D eigenvalue weighted by Gasteiger charge is -2.32. The van der Waals surface area contributed by atoms with E-state index in [9.17, 15) is 17.6 Å². The molecule has 7 heteroatoms. The minimum absolute atomic E-state index is 0.00379. The Bertz CT molecular complexity index is 720. The zero-order valence-electron chi connectivity index (χ0n) is 13.1. The molecule has 23 heavy (non-hydrogen) atoms. The standard InChI is InChI=1S/C16H21FN2O3S/c1-23(21,22)11-5-6-13(17)12(10-11)16(20)18-14-7-9-19-8-3-2-4-15(14)19/h5-6,10,14-15H,2-4,7-9H2,1H3,(H,18,20). The summed E-state index contributed by atoms with van der Waals surface area (Å²) in [5.41, 5.74) is -0.206. The molecular weight excluding hydrogens is 319 g/mol. The molecule has 2 heterocycles. The number of sulfone groups is 1. The van der Waals surface area contributed by atoms with E-state index in [1.165, 1.54) is 12.5 Å². The summed E-state index contributed by atoms with van der Waals surface area (Å²) >= 11 is 0. The molecule has 1 amide bonds. The summed E-state index contributed by atoms with van der Waals surface area (Å²) in [4.78, 5) is 14.7. The van der Waals surface area contributed by atoms with E-state index >= 15 is 0 Å². The molecule has 2 aliphatic rings. The summed E-state index contributed by atoms with van der Waals surface area (Å²) < 4.78 is 37.1. The second kappa shape index (κ2) is 6.20. The van der Waals surface area contributed by atoms with Gasteiger partial charge in [-0.05, 0) is 44.0 Å². The highest BCUT2D eigenvalue weighted by molar-refractivity contribution is 7.90. The fourth-order valence-electron chi connectivity index (χ4n) is 3.57. The maximum Gasteiger partial charge on any atom is 0.254 e. The zero-order valence-corrected chi connectivity index (χ0v) is 13.9. The number of hydrogen-bond donors (Lipinski definition) is 1. The fraction of sp³-hybridized carbons (Fsp3) is 0.562. The molecule has 0 radical (unpaired) electrons. The number of nitrogens with one attached hydrogen (secondary N) is 1. The first-order valence-corrected chi connectivity index (χ1v) is 9.80. The minimum atomic E-state index is -3.48. The molecule has 1 aromatic rings. The molecule has 1 aromatic carbocycles. The van der Waals surface area contributed by atoms with Crippen LogP contribution in [0.1, 0.15) is 36.0 Å². The van der Waals surface area contributed by atoms with Crippen LogP contribution in [0.5, 0.6) is 0 Å². The number of carbonyl (C=O) groups is 1. The Hall–Kier alpha value is -1.47. The lowest BCUT2D eigenvalue weighted by Crippen LogP contribution is -2.46. The molecule has 3 rings (SSSR count). The average Bonchev–Trinajstić information content (AvgIpc) is 2.90. The number of benzene rings is 1. The summed E-state index contributed by atoms with van der Waals surface area (Å²) in [5, 5.41) is 2.90. The second-order valence-corrected chi connectivity index (χ2v) is 8.40. The van der Waals surface area contributed by atoms with Gasteiger partial charge in [0.05, 0.1) is 10.5 Å². The number of rotatable bonds is 3. The summed E-state index contributed by atoms with van der Waals surface area (Å²) in [6.45, 7) is 2.00. The fourth-order valence-corrected chi connectivity index (χ4v) is 4.22. The van der Waals surface area contributed by atoms with Crippen molar-refractivity contribution in [2.45, 2.75) is 42.7 Å². The highest BCUT2D eigenvalue weighted by atomic mass is 32.2. The molecule has 0 spiro atoms. The molecule has 2 aliphatic heterocycles. The third-order valence-electron chi connectivity index (χ3n) is 4.78. The largest absolute Gasteiger partial charge is 0.348 e. The van der Waals surface area contributed by atoms with Crippen molar-refractivity contribution >= 4 is 15.7 Å². The first-order chi connectivity index (χ1) is 10.9. The summed E-state index contributed by atoms with van der Waals surface area (Å²) in [5.74, 6) is -1.24. The minimum Gasteiger partial charge on any atom is -0.348 e.